The number of aromatic nitrogens is 1. The van der Waals surface area contributed by atoms with Gasteiger partial charge in [0, 0.05) is 22.7 Å². The Morgan fingerprint density at radius 1 is 1.44 bits per heavy atom. The van der Waals surface area contributed by atoms with Crippen LogP contribution in [0.3, 0.4) is 0 Å². The number of H-pyrrole nitrogens is 1. The van der Waals surface area contributed by atoms with Crippen molar-refractivity contribution in [2.45, 2.75) is 13.8 Å². The second-order valence-corrected chi connectivity index (χ2v) is 3.89. The zero-order chi connectivity index (χ0) is 13.7. The van der Waals surface area contributed by atoms with E-state index in [9.17, 15) is 4.79 Å². The number of Topliss-reactive ketones (excluding diaryl/α,β-unsaturated/α-hetero) is 1. The second kappa shape index (κ2) is 6.21. The number of fused-ring (bicyclic) bond motifs is 1. The van der Waals surface area contributed by atoms with E-state index in [0.29, 0.717) is 5.56 Å². The molecule has 0 fully saturated rings. The van der Waals surface area contributed by atoms with E-state index in [1.54, 1.807) is 20.2 Å². The van der Waals surface area contributed by atoms with Crippen molar-refractivity contribution in [3.8, 4) is 5.75 Å². The number of aryl methyl sites for hydroxylation is 1. The van der Waals surface area contributed by atoms with Crippen LogP contribution in [-0.2, 0) is 4.79 Å². The predicted molar refractivity (Wildman–Crippen MR) is 72.2 cm³/mol. The van der Waals surface area contributed by atoms with E-state index < -0.39 is 0 Å². The topological polar surface area (TPSA) is 59.2 Å². The maximum Gasteiger partial charge on any atom is 0.208 e. The van der Waals surface area contributed by atoms with Crippen LogP contribution in [-0.4, -0.2) is 23.6 Å². The van der Waals surface area contributed by atoms with Crippen LogP contribution < -0.4 is 4.74 Å². The molecule has 18 heavy (non-hydrogen) atoms. The molecule has 0 bridgehead atoms. The Labute approximate surface area is 110 Å². The van der Waals surface area contributed by atoms with Gasteiger partial charge in [-0.15, -0.1) is 0 Å². The highest BCUT2D eigenvalue weighted by atomic mass is 35.5. The first-order valence-corrected chi connectivity index (χ1v) is 5.69. The fraction of sp³-hybridized carbons (Fsp3) is 0.231. The molecule has 4 nitrogen and oxygen atoms in total. The van der Waals surface area contributed by atoms with Crippen LogP contribution in [0.25, 0.3) is 10.9 Å². The van der Waals surface area contributed by atoms with E-state index >= 15 is 0 Å². The zero-order valence-corrected chi connectivity index (χ0v) is 11.2. The minimum Gasteiger partial charge on any atom is -0.497 e. The number of hydrogen-bond acceptors (Lipinski definition) is 3. The molecule has 0 amide bonds. The molecular weight excluding hydrogens is 254 g/mol. The standard InChI is InChI=1S/C12H13NO2.CHClO/c1-7-4-9(15-3)5-10-11(8(2)14)6-13-12(7)10;2-1-3/h4-6,13H,1-3H3;1H. The van der Waals surface area contributed by atoms with Gasteiger partial charge in [-0.05, 0) is 43.1 Å². The van der Waals surface area contributed by atoms with Gasteiger partial charge in [-0.25, -0.2) is 0 Å². The molecule has 0 aliphatic rings. The van der Waals surface area contributed by atoms with Gasteiger partial charge in [0.05, 0.1) is 7.11 Å². The van der Waals surface area contributed by atoms with Gasteiger partial charge in [0.25, 0.3) is 0 Å². The third kappa shape index (κ3) is 2.90. The Morgan fingerprint density at radius 3 is 2.56 bits per heavy atom. The quantitative estimate of drug-likeness (QED) is 0.517. The summed E-state index contributed by atoms with van der Waals surface area (Å²) in [7, 11) is 1.63. The third-order valence-corrected chi connectivity index (χ3v) is 2.58. The van der Waals surface area contributed by atoms with Crippen molar-refractivity contribution in [1.82, 2.24) is 4.98 Å². The maximum atomic E-state index is 11.4. The Kier molecular flexibility index (Phi) is 4.92. The summed E-state index contributed by atoms with van der Waals surface area (Å²) >= 11 is 4.32. The fourth-order valence-electron chi connectivity index (χ4n) is 1.79. The summed E-state index contributed by atoms with van der Waals surface area (Å²) in [6.07, 6.45) is 1.75. The van der Waals surface area contributed by atoms with Gasteiger partial charge in [0.2, 0.25) is 5.75 Å². The van der Waals surface area contributed by atoms with E-state index in [4.69, 9.17) is 9.53 Å². The van der Waals surface area contributed by atoms with E-state index in [1.807, 2.05) is 19.1 Å². The number of ketones is 1. The SMILES string of the molecule is COc1cc(C)c2[nH]cc(C(C)=O)c2c1.O=CCl. The number of methoxy groups -OCH3 is 1. The molecule has 0 saturated heterocycles. The number of rotatable bonds is 2. The van der Waals surface area contributed by atoms with Gasteiger partial charge in [-0.1, -0.05) is 0 Å². The minimum absolute atomic E-state index is 0.0638. The Morgan fingerprint density at radius 2 is 2.06 bits per heavy atom. The van der Waals surface area contributed by atoms with Crippen LogP contribution in [0.4, 0.5) is 0 Å². The van der Waals surface area contributed by atoms with E-state index in [1.165, 1.54) is 0 Å². The fourth-order valence-corrected chi connectivity index (χ4v) is 1.79. The first-order chi connectivity index (χ1) is 8.54. The number of carbonyl (C=O) groups is 2. The van der Waals surface area contributed by atoms with Crippen molar-refractivity contribution in [2.24, 2.45) is 0 Å². The lowest BCUT2D eigenvalue weighted by Gasteiger charge is -2.03. The van der Waals surface area contributed by atoms with Gasteiger partial charge in [0.1, 0.15) is 5.75 Å². The molecule has 96 valence electrons. The number of ether oxygens (including phenoxy) is 1. The van der Waals surface area contributed by atoms with Gasteiger partial charge < -0.3 is 9.72 Å². The molecule has 0 radical (unpaired) electrons. The number of carbonyl (C=O) groups excluding carboxylic acids is 2. The Bertz CT molecular complexity index is 575. The van der Waals surface area contributed by atoms with Crippen molar-refractivity contribution >= 4 is 34.0 Å². The van der Waals surface area contributed by atoms with Crippen molar-refractivity contribution in [2.75, 3.05) is 7.11 Å². The lowest BCUT2D eigenvalue weighted by molar-refractivity contribution is 0.101. The molecule has 2 rings (SSSR count). The van der Waals surface area contributed by atoms with Crippen molar-refractivity contribution in [3.63, 3.8) is 0 Å². The van der Waals surface area contributed by atoms with Crippen LogP contribution >= 0.6 is 11.6 Å². The highest BCUT2D eigenvalue weighted by Gasteiger charge is 2.10. The molecule has 0 aliphatic carbocycles. The third-order valence-electron chi connectivity index (χ3n) is 2.58. The summed E-state index contributed by atoms with van der Waals surface area (Å²) in [4.78, 5) is 23.1. The molecule has 0 aliphatic heterocycles. The van der Waals surface area contributed by atoms with Gasteiger partial charge in [-0.3, -0.25) is 9.59 Å². The monoisotopic (exact) mass is 267 g/mol. The zero-order valence-electron chi connectivity index (χ0n) is 10.4. The summed E-state index contributed by atoms with van der Waals surface area (Å²) in [5.41, 5.74) is 2.80. The van der Waals surface area contributed by atoms with Crippen molar-refractivity contribution in [1.29, 1.82) is 0 Å². The number of benzene rings is 1. The summed E-state index contributed by atoms with van der Waals surface area (Å²) in [5, 5.41) is 0.930. The van der Waals surface area contributed by atoms with E-state index in [2.05, 4.69) is 16.6 Å². The summed E-state index contributed by atoms with van der Waals surface area (Å²) in [6, 6.07) is 3.83. The van der Waals surface area contributed by atoms with Gasteiger partial charge in [0.15, 0.2) is 5.78 Å². The van der Waals surface area contributed by atoms with Gasteiger partial charge in [-0.2, -0.15) is 0 Å². The lowest BCUT2D eigenvalue weighted by atomic mass is 10.1. The first-order valence-electron chi connectivity index (χ1n) is 5.25. The number of nitrogens with one attached hydrogen (secondary N) is 1. The molecule has 0 unspecified atom stereocenters. The van der Waals surface area contributed by atoms with Crippen molar-refractivity contribution in [3.05, 3.63) is 29.5 Å². The number of aromatic amines is 1. The largest absolute Gasteiger partial charge is 0.497 e. The predicted octanol–water partition coefficient (Wildman–Crippen LogP) is 3.10. The smallest absolute Gasteiger partial charge is 0.208 e. The van der Waals surface area contributed by atoms with Crippen LogP contribution in [0.5, 0.6) is 5.75 Å². The minimum atomic E-state index is 0.0638. The molecule has 1 heterocycles. The molecule has 1 aromatic heterocycles. The molecule has 0 saturated carbocycles. The van der Waals surface area contributed by atoms with Crippen molar-refractivity contribution < 1.29 is 14.3 Å². The van der Waals surface area contributed by atoms with Crippen LogP contribution in [0.15, 0.2) is 18.3 Å². The maximum absolute atomic E-state index is 11.4. The van der Waals surface area contributed by atoms with Crippen LogP contribution in [0.2, 0.25) is 0 Å². The van der Waals surface area contributed by atoms with Crippen LogP contribution in [0.1, 0.15) is 22.8 Å². The molecular formula is C13H14ClNO3. The number of hydrogen-bond donors (Lipinski definition) is 1. The molecule has 2 aromatic rings. The average Bonchev–Trinajstić information content (AvgIpc) is 2.74. The van der Waals surface area contributed by atoms with Crippen LogP contribution in [0, 0.1) is 6.92 Å². The summed E-state index contributed by atoms with van der Waals surface area (Å²) in [6.45, 7) is 3.56. The number of halogens is 1. The first kappa shape index (κ1) is 14.3. The molecule has 0 atom stereocenters. The van der Waals surface area contributed by atoms with Gasteiger partial charge >= 0.3 is 0 Å². The highest BCUT2D eigenvalue weighted by molar-refractivity contribution is 6.54. The normalized spacial score (nSPS) is 9.56. The average molecular weight is 268 g/mol. The van der Waals surface area contributed by atoms with E-state index in [0.717, 1.165) is 22.2 Å². The summed E-state index contributed by atoms with van der Waals surface area (Å²) < 4.78 is 5.18. The molecule has 1 N–H and O–H groups in total. The molecule has 0 spiro atoms. The van der Waals surface area contributed by atoms with E-state index in [-0.39, 0.29) is 11.5 Å². The molecule has 5 heteroatoms. The highest BCUT2D eigenvalue weighted by Crippen LogP contribution is 2.27. The molecule has 1 aromatic carbocycles. The Balaban J connectivity index is 0.000000492. The lowest BCUT2D eigenvalue weighted by Crippen LogP contribution is -1.90. The summed E-state index contributed by atoms with van der Waals surface area (Å²) in [5.74, 6) is 1.07. The Hall–Kier alpha value is -1.81. The second-order valence-electron chi connectivity index (χ2n) is 3.71.